The smallest absolute Gasteiger partial charge is 0.247 e. The maximum Gasteiger partial charge on any atom is 0.247 e. The molecule has 6 heteroatoms. The number of nitrogens with zero attached hydrogens (tertiary/aromatic N) is 2. The number of thiophene rings is 1. The molecule has 1 aromatic heterocycles. The molecule has 170 valence electrons. The van der Waals surface area contributed by atoms with Gasteiger partial charge in [-0.1, -0.05) is 42.5 Å². The molecule has 0 radical (unpaired) electrons. The van der Waals surface area contributed by atoms with Gasteiger partial charge in [-0.2, -0.15) is 0 Å². The van der Waals surface area contributed by atoms with E-state index in [0.717, 1.165) is 23.1 Å². The van der Waals surface area contributed by atoms with Crippen molar-refractivity contribution in [3.05, 3.63) is 99.5 Å². The minimum absolute atomic E-state index is 0.00715. The van der Waals surface area contributed by atoms with Crippen LogP contribution >= 0.6 is 11.3 Å². The van der Waals surface area contributed by atoms with Gasteiger partial charge in [-0.3, -0.25) is 9.59 Å². The molecule has 0 fully saturated rings. The zero-order valence-corrected chi connectivity index (χ0v) is 19.6. The fraction of sp³-hybridized carbons (Fsp3) is 0.259. The van der Waals surface area contributed by atoms with Crippen molar-refractivity contribution in [2.24, 2.45) is 0 Å². The summed E-state index contributed by atoms with van der Waals surface area (Å²) in [5.41, 5.74) is 2.88. The van der Waals surface area contributed by atoms with Crippen molar-refractivity contribution in [1.29, 1.82) is 0 Å². The molecule has 2 aromatic carbocycles. The summed E-state index contributed by atoms with van der Waals surface area (Å²) in [5, 5.41) is 2.04. The van der Waals surface area contributed by atoms with Crippen LogP contribution in [0.15, 0.2) is 72.1 Å². The molecule has 0 N–H and O–H groups in total. The topological polar surface area (TPSA) is 40.6 Å². The average Bonchev–Trinajstić information content (AvgIpc) is 3.30. The van der Waals surface area contributed by atoms with E-state index < -0.39 is 0 Å². The number of fused-ring (bicyclic) bond motifs is 1. The van der Waals surface area contributed by atoms with E-state index in [4.69, 9.17) is 0 Å². The van der Waals surface area contributed by atoms with Crippen molar-refractivity contribution < 1.29 is 14.0 Å². The van der Waals surface area contributed by atoms with Crippen LogP contribution in [0.3, 0.4) is 0 Å². The average molecular weight is 463 g/mol. The number of rotatable bonds is 6. The quantitative estimate of drug-likeness (QED) is 0.466. The summed E-state index contributed by atoms with van der Waals surface area (Å²) in [5.74, 6) is -0.620. The van der Waals surface area contributed by atoms with Crippen LogP contribution in [0.25, 0.3) is 6.08 Å². The van der Waals surface area contributed by atoms with Crippen LogP contribution in [0.5, 0.6) is 0 Å². The summed E-state index contributed by atoms with van der Waals surface area (Å²) in [6, 6.07) is 17.6. The molecule has 0 spiro atoms. The maximum atomic E-state index is 13.6. The normalized spacial score (nSPS) is 15.6. The minimum Gasteiger partial charge on any atom is -0.330 e. The Kier molecular flexibility index (Phi) is 7.04. The van der Waals surface area contributed by atoms with Gasteiger partial charge in [0.25, 0.3) is 0 Å². The molecule has 1 atom stereocenters. The van der Waals surface area contributed by atoms with E-state index in [1.54, 1.807) is 34.4 Å². The van der Waals surface area contributed by atoms with Gasteiger partial charge >= 0.3 is 0 Å². The van der Waals surface area contributed by atoms with Gasteiger partial charge in [0, 0.05) is 23.5 Å². The lowest BCUT2D eigenvalue weighted by molar-refractivity contribution is -0.140. The first-order chi connectivity index (χ1) is 15.9. The third-order valence-corrected chi connectivity index (χ3v) is 6.90. The van der Waals surface area contributed by atoms with Crippen molar-refractivity contribution >= 4 is 29.2 Å². The second-order valence-corrected chi connectivity index (χ2v) is 9.39. The summed E-state index contributed by atoms with van der Waals surface area (Å²) in [7, 11) is 0. The predicted molar refractivity (Wildman–Crippen MR) is 130 cm³/mol. The fourth-order valence-corrected chi connectivity index (χ4v) is 5.07. The van der Waals surface area contributed by atoms with Crippen LogP contribution in [0.4, 0.5) is 4.39 Å². The zero-order chi connectivity index (χ0) is 23.4. The monoisotopic (exact) mass is 462 g/mol. The van der Waals surface area contributed by atoms with Crippen molar-refractivity contribution in [2.45, 2.75) is 32.4 Å². The molecule has 1 aliphatic rings. The molecule has 2 heterocycles. The highest BCUT2D eigenvalue weighted by atomic mass is 32.1. The summed E-state index contributed by atoms with van der Waals surface area (Å²) in [6.45, 7) is 4.37. The van der Waals surface area contributed by atoms with E-state index in [-0.39, 0.29) is 36.3 Å². The van der Waals surface area contributed by atoms with Crippen LogP contribution in [0.1, 0.15) is 41.5 Å². The first-order valence-electron chi connectivity index (χ1n) is 11.1. The SMILES string of the molecule is CC(C)N(CC(=O)N1CCc2sccc2[C@H]1c1ccc(F)cc1)C(=O)/C=C/c1ccccc1. The van der Waals surface area contributed by atoms with E-state index >= 15 is 0 Å². The van der Waals surface area contributed by atoms with Crippen LogP contribution in [-0.4, -0.2) is 40.7 Å². The molecule has 4 rings (SSSR count). The number of benzene rings is 2. The molecule has 0 saturated heterocycles. The molecule has 0 unspecified atom stereocenters. The summed E-state index contributed by atoms with van der Waals surface area (Å²) >= 11 is 1.68. The molecule has 3 aromatic rings. The molecule has 0 saturated carbocycles. The van der Waals surface area contributed by atoms with Gasteiger partial charge in [0.2, 0.25) is 11.8 Å². The standard InChI is InChI=1S/C27H27FN2O2S/c1-19(2)30(25(31)13-8-20-6-4-3-5-7-20)18-26(32)29-16-14-24-23(15-17-33-24)27(29)21-9-11-22(28)12-10-21/h3-13,15,17,19,27H,14,16,18H2,1-2H3/b13-8+/t27-/m1/s1. The number of carbonyl (C=O) groups is 2. The summed E-state index contributed by atoms with van der Waals surface area (Å²) in [6.07, 6.45) is 4.06. The van der Waals surface area contributed by atoms with Crippen LogP contribution < -0.4 is 0 Å². The Balaban J connectivity index is 1.56. The van der Waals surface area contributed by atoms with E-state index in [0.29, 0.717) is 6.54 Å². The number of carbonyl (C=O) groups excluding carboxylic acids is 2. The van der Waals surface area contributed by atoms with Crippen molar-refractivity contribution in [2.75, 3.05) is 13.1 Å². The lowest BCUT2D eigenvalue weighted by Crippen LogP contribution is -2.48. The molecule has 2 amide bonds. The van der Waals surface area contributed by atoms with Gasteiger partial charge in [0.1, 0.15) is 12.4 Å². The highest BCUT2D eigenvalue weighted by Gasteiger charge is 2.34. The van der Waals surface area contributed by atoms with Gasteiger partial charge in [0.15, 0.2) is 0 Å². The molecular weight excluding hydrogens is 435 g/mol. The number of halogens is 1. The van der Waals surface area contributed by atoms with Crippen molar-refractivity contribution in [3.63, 3.8) is 0 Å². The molecule has 1 aliphatic heterocycles. The fourth-order valence-electron chi connectivity index (χ4n) is 4.17. The third-order valence-electron chi connectivity index (χ3n) is 5.90. The predicted octanol–water partition coefficient (Wildman–Crippen LogP) is 5.31. The molecule has 33 heavy (non-hydrogen) atoms. The summed E-state index contributed by atoms with van der Waals surface area (Å²) < 4.78 is 13.6. The Morgan fingerprint density at radius 3 is 2.55 bits per heavy atom. The maximum absolute atomic E-state index is 13.6. The van der Waals surface area contributed by atoms with Gasteiger partial charge in [-0.25, -0.2) is 4.39 Å². The third kappa shape index (κ3) is 5.22. The first kappa shape index (κ1) is 22.9. The highest BCUT2D eigenvalue weighted by Crippen LogP contribution is 2.38. The van der Waals surface area contributed by atoms with Gasteiger partial charge in [0.05, 0.1) is 6.04 Å². The van der Waals surface area contributed by atoms with Crippen LogP contribution in [0.2, 0.25) is 0 Å². The lowest BCUT2D eigenvalue weighted by Gasteiger charge is -2.38. The van der Waals surface area contributed by atoms with E-state index in [1.165, 1.54) is 23.1 Å². The summed E-state index contributed by atoms with van der Waals surface area (Å²) in [4.78, 5) is 31.1. The number of hydrogen-bond donors (Lipinski definition) is 0. The molecule has 4 nitrogen and oxygen atoms in total. The molecule has 0 bridgehead atoms. The van der Waals surface area contributed by atoms with Crippen LogP contribution in [-0.2, 0) is 16.0 Å². The van der Waals surface area contributed by atoms with Gasteiger partial charge in [-0.05, 0) is 66.6 Å². The Morgan fingerprint density at radius 1 is 1.12 bits per heavy atom. The van der Waals surface area contributed by atoms with Gasteiger partial charge < -0.3 is 9.80 Å². The lowest BCUT2D eigenvalue weighted by atomic mass is 9.93. The van der Waals surface area contributed by atoms with Crippen molar-refractivity contribution in [3.8, 4) is 0 Å². The Hall–Kier alpha value is -3.25. The zero-order valence-electron chi connectivity index (χ0n) is 18.8. The second-order valence-electron chi connectivity index (χ2n) is 8.39. The van der Waals surface area contributed by atoms with E-state index in [9.17, 15) is 14.0 Å². The first-order valence-corrected chi connectivity index (χ1v) is 12.0. The number of amides is 2. The minimum atomic E-state index is -0.306. The Labute approximate surface area is 198 Å². The van der Waals surface area contributed by atoms with Gasteiger partial charge in [-0.15, -0.1) is 11.3 Å². The Bertz CT molecular complexity index is 1140. The molecular formula is C27H27FN2O2S. The number of hydrogen-bond acceptors (Lipinski definition) is 3. The highest BCUT2D eigenvalue weighted by molar-refractivity contribution is 7.10. The van der Waals surface area contributed by atoms with Crippen molar-refractivity contribution in [1.82, 2.24) is 9.80 Å². The second kappa shape index (κ2) is 10.1. The van der Waals surface area contributed by atoms with Crippen LogP contribution in [0, 0.1) is 5.82 Å². The Morgan fingerprint density at radius 2 is 1.85 bits per heavy atom. The largest absolute Gasteiger partial charge is 0.330 e. The molecule has 0 aliphatic carbocycles. The van der Waals surface area contributed by atoms with E-state index in [2.05, 4.69) is 0 Å². The van der Waals surface area contributed by atoms with E-state index in [1.807, 2.05) is 60.5 Å².